The summed E-state index contributed by atoms with van der Waals surface area (Å²) in [7, 11) is 2.39. The zero-order valence-electron chi connectivity index (χ0n) is 20.3. The Labute approximate surface area is 211 Å². The maximum atomic E-state index is 12.9. The van der Waals surface area contributed by atoms with Gasteiger partial charge in [0.05, 0.1) is 35.4 Å². The van der Waals surface area contributed by atoms with Crippen LogP contribution in [0.15, 0.2) is 36.4 Å². The third-order valence-electron chi connectivity index (χ3n) is 5.51. The fourth-order valence-corrected chi connectivity index (χ4v) is 3.62. The van der Waals surface area contributed by atoms with Crippen LogP contribution in [-0.2, 0) is 9.47 Å². The smallest absolute Gasteiger partial charge is 0.411 e. The average Bonchev–Trinajstić information content (AvgIpc) is 2.89. The second-order valence-electron chi connectivity index (χ2n) is 8.03. The van der Waals surface area contributed by atoms with Gasteiger partial charge in [-0.25, -0.2) is 9.59 Å². The second kappa shape index (κ2) is 14.2. The van der Waals surface area contributed by atoms with Crippen LogP contribution in [-0.4, -0.2) is 42.8 Å². The Balaban J connectivity index is 0.000000281. The zero-order valence-corrected chi connectivity index (χ0v) is 20.3. The average molecular weight is 522 g/mol. The minimum Gasteiger partial charge on any atom is -0.453 e. The van der Waals surface area contributed by atoms with Crippen molar-refractivity contribution in [1.82, 2.24) is 0 Å². The third kappa shape index (κ3) is 9.23. The maximum Gasteiger partial charge on any atom is 0.411 e. The van der Waals surface area contributed by atoms with Crippen LogP contribution in [0.5, 0.6) is 0 Å². The fourth-order valence-electron chi connectivity index (χ4n) is 3.62. The molecule has 0 radical (unpaired) electrons. The Morgan fingerprint density at radius 2 is 1.41 bits per heavy atom. The van der Waals surface area contributed by atoms with Crippen molar-refractivity contribution < 1.29 is 33.3 Å². The number of hydrogen-bond acceptors (Lipinski definition) is 9. The predicted molar refractivity (Wildman–Crippen MR) is 133 cm³/mol. The molecule has 3 rings (SSSR count). The van der Waals surface area contributed by atoms with Crippen molar-refractivity contribution in [1.29, 1.82) is 0 Å². The number of nitrogens with zero attached hydrogens (tertiary/aromatic N) is 2. The highest BCUT2D eigenvalue weighted by Crippen LogP contribution is 2.30. The van der Waals surface area contributed by atoms with Gasteiger partial charge < -0.3 is 14.8 Å². The van der Waals surface area contributed by atoms with Crippen LogP contribution >= 0.6 is 0 Å². The van der Waals surface area contributed by atoms with Crippen LogP contribution in [0.3, 0.4) is 0 Å². The van der Waals surface area contributed by atoms with Crippen molar-refractivity contribution in [2.45, 2.75) is 32.1 Å². The van der Waals surface area contributed by atoms with Crippen molar-refractivity contribution in [2.75, 3.05) is 36.7 Å². The Hall–Kier alpha value is -4.49. The molecule has 0 saturated heterocycles. The van der Waals surface area contributed by atoms with E-state index in [0.29, 0.717) is 17.3 Å². The summed E-state index contributed by atoms with van der Waals surface area (Å²) >= 11 is 0. The van der Waals surface area contributed by atoms with Crippen LogP contribution in [0.2, 0.25) is 0 Å². The molecule has 200 valence electrons. The number of nitro groups is 2. The summed E-state index contributed by atoms with van der Waals surface area (Å²) in [6.45, 7) is 0.741. The first-order chi connectivity index (χ1) is 17.6. The molecular formula is C23H28FN5O8. The van der Waals surface area contributed by atoms with Gasteiger partial charge in [-0.1, -0.05) is 19.3 Å². The van der Waals surface area contributed by atoms with Gasteiger partial charge in [0.2, 0.25) is 5.82 Å². The van der Waals surface area contributed by atoms with Gasteiger partial charge in [-0.2, -0.15) is 4.39 Å². The number of amides is 2. The molecule has 14 heteroatoms. The molecule has 0 spiro atoms. The van der Waals surface area contributed by atoms with E-state index >= 15 is 0 Å². The van der Waals surface area contributed by atoms with E-state index in [1.807, 2.05) is 0 Å². The molecule has 0 heterocycles. The summed E-state index contributed by atoms with van der Waals surface area (Å²) in [5.74, 6) is -0.392. The van der Waals surface area contributed by atoms with E-state index in [2.05, 4.69) is 25.4 Å². The molecule has 0 unspecified atom stereocenters. The molecule has 1 aliphatic carbocycles. The maximum absolute atomic E-state index is 12.9. The normalized spacial score (nSPS) is 12.8. The Morgan fingerprint density at radius 3 is 1.92 bits per heavy atom. The molecule has 2 aromatic rings. The van der Waals surface area contributed by atoms with E-state index < -0.39 is 33.5 Å². The van der Waals surface area contributed by atoms with Gasteiger partial charge in [-0.3, -0.25) is 30.9 Å². The van der Waals surface area contributed by atoms with E-state index in [4.69, 9.17) is 0 Å². The highest BCUT2D eigenvalue weighted by molar-refractivity contribution is 5.86. The van der Waals surface area contributed by atoms with Crippen molar-refractivity contribution in [3.05, 3.63) is 62.4 Å². The Kier molecular flexibility index (Phi) is 11.0. The van der Waals surface area contributed by atoms with Crippen LogP contribution < -0.4 is 16.0 Å². The number of nitro benzene ring substituents is 2. The standard InChI is InChI=1S/C15H21N3O4.C8H7FN2O4/c1-22-15(19)17-12-7-8-13(14(9-12)18(20)21)16-10-11-5-3-2-4-6-11;1-15-8(12)10-5-2-3-6(9)7(4-5)11(13)14/h7-9,11,16H,2-6,10H2,1H3,(H,17,19);2-4H,1H3,(H,10,12). The number of ether oxygens (including phenoxy) is 2. The summed E-state index contributed by atoms with van der Waals surface area (Å²) in [6, 6.07) is 7.56. The molecule has 1 fully saturated rings. The summed E-state index contributed by atoms with van der Waals surface area (Å²) in [4.78, 5) is 42.1. The highest BCUT2D eigenvalue weighted by atomic mass is 19.1. The number of carbonyl (C=O) groups is 2. The van der Waals surface area contributed by atoms with Crippen LogP contribution in [0.1, 0.15) is 32.1 Å². The van der Waals surface area contributed by atoms with Gasteiger partial charge in [-0.15, -0.1) is 0 Å². The van der Waals surface area contributed by atoms with Gasteiger partial charge in [-0.05, 0) is 43.0 Å². The number of rotatable bonds is 7. The van der Waals surface area contributed by atoms with Crippen LogP contribution in [0.4, 0.5) is 42.4 Å². The first-order valence-electron chi connectivity index (χ1n) is 11.3. The minimum atomic E-state index is -0.963. The molecule has 1 saturated carbocycles. The zero-order chi connectivity index (χ0) is 27.4. The minimum absolute atomic E-state index is 0.0512. The number of benzene rings is 2. The first-order valence-corrected chi connectivity index (χ1v) is 11.3. The van der Waals surface area contributed by atoms with Gasteiger partial charge in [0.15, 0.2) is 0 Å². The van der Waals surface area contributed by atoms with Crippen molar-refractivity contribution in [3.8, 4) is 0 Å². The lowest BCUT2D eigenvalue weighted by Gasteiger charge is -2.22. The molecule has 2 amide bonds. The number of carbonyl (C=O) groups excluding carboxylic acids is 2. The molecule has 0 bridgehead atoms. The summed E-state index contributed by atoms with van der Waals surface area (Å²) in [5.41, 5.74) is 0.149. The summed E-state index contributed by atoms with van der Waals surface area (Å²) < 4.78 is 21.6. The highest BCUT2D eigenvalue weighted by Gasteiger charge is 2.19. The van der Waals surface area contributed by atoms with Gasteiger partial charge in [0.1, 0.15) is 5.69 Å². The lowest BCUT2D eigenvalue weighted by Crippen LogP contribution is -2.17. The fraction of sp³-hybridized carbons (Fsp3) is 0.391. The molecule has 37 heavy (non-hydrogen) atoms. The number of hydrogen-bond donors (Lipinski definition) is 3. The van der Waals surface area contributed by atoms with E-state index in [9.17, 15) is 34.2 Å². The third-order valence-corrected chi connectivity index (χ3v) is 5.51. The van der Waals surface area contributed by atoms with Crippen molar-refractivity contribution in [3.63, 3.8) is 0 Å². The molecule has 1 aliphatic rings. The van der Waals surface area contributed by atoms with E-state index in [1.165, 1.54) is 51.3 Å². The Morgan fingerprint density at radius 1 is 0.892 bits per heavy atom. The molecule has 0 aromatic heterocycles. The molecule has 13 nitrogen and oxygen atoms in total. The molecule has 3 N–H and O–H groups in total. The topological polar surface area (TPSA) is 175 Å². The predicted octanol–water partition coefficient (Wildman–Crippen LogP) is 5.68. The second-order valence-corrected chi connectivity index (χ2v) is 8.03. The SMILES string of the molecule is COC(=O)Nc1ccc(F)c([N+](=O)[O-])c1.COC(=O)Nc1ccc(NCC2CCCCC2)c([N+](=O)[O-])c1. The largest absolute Gasteiger partial charge is 0.453 e. The summed E-state index contributed by atoms with van der Waals surface area (Å²) in [6.07, 6.45) is 4.65. The first kappa shape index (κ1) is 28.7. The van der Waals surface area contributed by atoms with Gasteiger partial charge >= 0.3 is 17.9 Å². The van der Waals surface area contributed by atoms with E-state index in [-0.39, 0.29) is 11.4 Å². The van der Waals surface area contributed by atoms with Gasteiger partial charge in [0.25, 0.3) is 5.69 Å². The molecular weight excluding hydrogens is 493 g/mol. The van der Waals surface area contributed by atoms with Crippen molar-refractivity contribution in [2.24, 2.45) is 5.92 Å². The summed E-state index contributed by atoms with van der Waals surface area (Å²) in [5, 5.41) is 29.3. The van der Waals surface area contributed by atoms with Gasteiger partial charge in [0, 0.05) is 18.7 Å². The van der Waals surface area contributed by atoms with Crippen molar-refractivity contribution >= 4 is 40.6 Å². The lowest BCUT2D eigenvalue weighted by molar-refractivity contribution is -0.387. The number of methoxy groups -OCH3 is 2. The van der Waals surface area contributed by atoms with Crippen LogP contribution in [0, 0.1) is 32.0 Å². The molecule has 0 aliphatic heterocycles. The number of nitrogens with one attached hydrogen (secondary N) is 3. The molecule has 0 atom stereocenters. The monoisotopic (exact) mass is 521 g/mol. The number of halogens is 1. The van der Waals surface area contributed by atoms with Crippen LogP contribution in [0.25, 0.3) is 0 Å². The Bertz CT molecular complexity index is 1120. The number of anilines is 3. The van der Waals surface area contributed by atoms with E-state index in [1.54, 1.807) is 12.1 Å². The van der Waals surface area contributed by atoms with E-state index in [0.717, 1.165) is 25.8 Å². The lowest BCUT2D eigenvalue weighted by atomic mass is 9.89. The molecule has 2 aromatic carbocycles. The quantitative estimate of drug-likeness (QED) is 0.306.